The van der Waals surface area contributed by atoms with Gasteiger partial charge in [-0.25, -0.2) is 0 Å². The van der Waals surface area contributed by atoms with E-state index in [9.17, 15) is 0 Å². The molecule has 0 aromatic rings. The van der Waals surface area contributed by atoms with E-state index in [-0.39, 0.29) is 0 Å². The Kier molecular flexibility index (Phi) is 12.1. The minimum Gasteiger partial charge on any atom is -0.379 e. The third-order valence-electron chi connectivity index (χ3n) is 4.39. The van der Waals surface area contributed by atoms with Gasteiger partial charge in [0, 0.05) is 13.2 Å². The first-order valence-corrected chi connectivity index (χ1v) is 8.81. The molecule has 1 aliphatic rings. The van der Waals surface area contributed by atoms with Gasteiger partial charge in [0.05, 0.1) is 26.4 Å². The zero-order valence-electron chi connectivity index (χ0n) is 13.9. The number of hydrogen-bond donors (Lipinski definition) is 1. The van der Waals surface area contributed by atoms with Crippen LogP contribution in [0.15, 0.2) is 0 Å². The Morgan fingerprint density at radius 3 is 2.05 bits per heavy atom. The van der Waals surface area contributed by atoms with E-state index in [0.29, 0.717) is 32.3 Å². The van der Waals surface area contributed by atoms with Crippen LogP contribution < -0.4 is 5.73 Å². The van der Waals surface area contributed by atoms with E-state index in [0.717, 1.165) is 38.5 Å². The summed E-state index contributed by atoms with van der Waals surface area (Å²) in [5, 5.41) is 0. The summed E-state index contributed by atoms with van der Waals surface area (Å²) in [7, 11) is 0. The molecule has 4 nitrogen and oxygen atoms in total. The second-order valence-corrected chi connectivity index (χ2v) is 6.02. The largest absolute Gasteiger partial charge is 0.379 e. The lowest BCUT2D eigenvalue weighted by atomic mass is 9.88. The van der Waals surface area contributed by atoms with Crippen LogP contribution in [0.3, 0.4) is 0 Å². The molecule has 2 N–H and O–H groups in total. The molecule has 0 aliphatic heterocycles. The molecule has 1 fully saturated rings. The van der Waals surface area contributed by atoms with Crippen LogP contribution in [0.5, 0.6) is 0 Å². The lowest BCUT2D eigenvalue weighted by molar-refractivity contribution is 0.0109. The molecular weight excluding hydrogens is 266 g/mol. The molecule has 1 saturated carbocycles. The van der Waals surface area contributed by atoms with Crippen LogP contribution in [-0.4, -0.2) is 46.2 Å². The second-order valence-electron chi connectivity index (χ2n) is 6.02. The molecule has 126 valence electrons. The Labute approximate surface area is 130 Å². The maximum atomic E-state index is 5.89. The highest BCUT2D eigenvalue weighted by molar-refractivity contribution is 4.75. The lowest BCUT2D eigenvalue weighted by Crippen LogP contribution is -2.23. The van der Waals surface area contributed by atoms with Crippen molar-refractivity contribution in [1.29, 1.82) is 0 Å². The van der Waals surface area contributed by atoms with Crippen LogP contribution >= 0.6 is 0 Å². The summed E-state index contributed by atoms with van der Waals surface area (Å²) in [5.74, 6) is 1.50. The monoisotopic (exact) mass is 301 g/mol. The maximum absolute atomic E-state index is 5.89. The van der Waals surface area contributed by atoms with Crippen LogP contribution in [0.4, 0.5) is 0 Å². The third kappa shape index (κ3) is 9.46. The molecule has 1 rings (SSSR count). The van der Waals surface area contributed by atoms with Crippen molar-refractivity contribution in [3.05, 3.63) is 0 Å². The molecule has 0 amide bonds. The number of rotatable bonds is 14. The van der Waals surface area contributed by atoms with Crippen molar-refractivity contribution in [3.8, 4) is 0 Å². The zero-order chi connectivity index (χ0) is 15.2. The Balaban J connectivity index is 1.83. The predicted molar refractivity (Wildman–Crippen MR) is 86.5 cm³/mol. The van der Waals surface area contributed by atoms with Gasteiger partial charge in [0.25, 0.3) is 0 Å². The minimum atomic E-state index is 0.653. The van der Waals surface area contributed by atoms with E-state index < -0.39 is 0 Å². The molecule has 0 aromatic heterocycles. The highest BCUT2D eigenvalue weighted by atomic mass is 16.5. The molecule has 1 atom stereocenters. The quantitative estimate of drug-likeness (QED) is 0.501. The average molecular weight is 301 g/mol. The van der Waals surface area contributed by atoms with E-state index in [1.54, 1.807) is 0 Å². The molecule has 1 unspecified atom stereocenters. The summed E-state index contributed by atoms with van der Waals surface area (Å²) in [4.78, 5) is 0. The van der Waals surface area contributed by atoms with Crippen molar-refractivity contribution in [1.82, 2.24) is 0 Å². The predicted octanol–water partition coefficient (Wildman–Crippen LogP) is 2.99. The summed E-state index contributed by atoms with van der Waals surface area (Å²) < 4.78 is 16.5. The summed E-state index contributed by atoms with van der Waals surface area (Å²) in [6, 6.07) is 0. The molecule has 21 heavy (non-hydrogen) atoms. The Bertz CT molecular complexity index is 220. The normalized spacial score (nSPS) is 17.4. The van der Waals surface area contributed by atoms with Gasteiger partial charge in [0.1, 0.15) is 0 Å². The van der Waals surface area contributed by atoms with Gasteiger partial charge >= 0.3 is 0 Å². The SMILES string of the molecule is CCCCOCCOCCOCCC(CN)C1CCCC1. The van der Waals surface area contributed by atoms with Gasteiger partial charge in [0.2, 0.25) is 0 Å². The summed E-state index contributed by atoms with van der Waals surface area (Å²) in [6.07, 6.45) is 8.91. The average Bonchev–Trinajstić information content (AvgIpc) is 3.03. The fraction of sp³-hybridized carbons (Fsp3) is 1.00. The van der Waals surface area contributed by atoms with E-state index in [2.05, 4.69) is 6.92 Å². The maximum Gasteiger partial charge on any atom is 0.0701 e. The first-order chi connectivity index (χ1) is 10.4. The summed E-state index contributed by atoms with van der Waals surface area (Å²) in [5.41, 5.74) is 5.89. The van der Waals surface area contributed by atoms with Gasteiger partial charge in [-0.15, -0.1) is 0 Å². The Hall–Kier alpha value is -0.160. The number of hydrogen-bond acceptors (Lipinski definition) is 4. The topological polar surface area (TPSA) is 53.7 Å². The van der Waals surface area contributed by atoms with Crippen LogP contribution in [-0.2, 0) is 14.2 Å². The second kappa shape index (κ2) is 13.5. The molecular formula is C17H35NO3. The number of ether oxygens (including phenoxy) is 3. The molecule has 0 radical (unpaired) electrons. The Morgan fingerprint density at radius 1 is 0.905 bits per heavy atom. The molecule has 0 spiro atoms. The first kappa shape index (κ1) is 18.9. The zero-order valence-corrected chi connectivity index (χ0v) is 13.9. The van der Waals surface area contributed by atoms with Crippen molar-refractivity contribution < 1.29 is 14.2 Å². The van der Waals surface area contributed by atoms with Crippen molar-refractivity contribution in [3.63, 3.8) is 0 Å². The van der Waals surface area contributed by atoms with Crippen LogP contribution in [0.1, 0.15) is 51.9 Å². The standard InChI is InChI=1S/C17H35NO3/c1-2-3-9-19-11-13-21-14-12-20-10-8-17(15-18)16-6-4-5-7-16/h16-17H,2-15,18H2,1H3. The van der Waals surface area contributed by atoms with Crippen molar-refractivity contribution in [2.45, 2.75) is 51.9 Å². The molecule has 4 heteroatoms. The van der Waals surface area contributed by atoms with Gasteiger partial charge < -0.3 is 19.9 Å². The van der Waals surface area contributed by atoms with E-state index in [4.69, 9.17) is 19.9 Å². The van der Waals surface area contributed by atoms with Crippen LogP contribution in [0.2, 0.25) is 0 Å². The van der Waals surface area contributed by atoms with Crippen molar-refractivity contribution >= 4 is 0 Å². The summed E-state index contributed by atoms with van der Waals surface area (Å²) >= 11 is 0. The minimum absolute atomic E-state index is 0.653. The van der Waals surface area contributed by atoms with Crippen molar-refractivity contribution in [2.24, 2.45) is 17.6 Å². The van der Waals surface area contributed by atoms with Gasteiger partial charge in [0.15, 0.2) is 0 Å². The number of nitrogens with two attached hydrogens (primary N) is 1. The smallest absolute Gasteiger partial charge is 0.0701 e. The van der Waals surface area contributed by atoms with Gasteiger partial charge in [-0.3, -0.25) is 0 Å². The van der Waals surface area contributed by atoms with Gasteiger partial charge in [-0.2, -0.15) is 0 Å². The van der Waals surface area contributed by atoms with E-state index in [1.807, 2.05) is 0 Å². The molecule has 1 aliphatic carbocycles. The third-order valence-corrected chi connectivity index (χ3v) is 4.39. The molecule has 0 aromatic carbocycles. The number of unbranched alkanes of at least 4 members (excludes halogenated alkanes) is 1. The molecule has 0 bridgehead atoms. The fourth-order valence-electron chi connectivity index (χ4n) is 3.00. The first-order valence-electron chi connectivity index (χ1n) is 8.81. The van der Waals surface area contributed by atoms with Crippen LogP contribution in [0, 0.1) is 11.8 Å². The van der Waals surface area contributed by atoms with Gasteiger partial charge in [-0.05, 0) is 31.2 Å². The molecule has 0 saturated heterocycles. The van der Waals surface area contributed by atoms with Crippen LogP contribution in [0.25, 0.3) is 0 Å². The highest BCUT2D eigenvalue weighted by Gasteiger charge is 2.23. The Morgan fingerprint density at radius 2 is 1.48 bits per heavy atom. The lowest BCUT2D eigenvalue weighted by Gasteiger charge is -2.21. The highest BCUT2D eigenvalue weighted by Crippen LogP contribution is 2.32. The van der Waals surface area contributed by atoms with Gasteiger partial charge in [-0.1, -0.05) is 39.0 Å². The molecule has 0 heterocycles. The van der Waals surface area contributed by atoms with E-state index >= 15 is 0 Å². The summed E-state index contributed by atoms with van der Waals surface area (Å²) in [6.45, 7) is 7.33. The fourth-order valence-corrected chi connectivity index (χ4v) is 3.00. The van der Waals surface area contributed by atoms with Crippen molar-refractivity contribution in [2.75, 3.05) is 46.2 Å². The van der Waals surface area contributed by atoms with E-state index in [1.165, 1.54) is 32.1 Å².